The molecule has 2 amide bonds. The monoisotopic (exact) mass is 439 g/mol. The van der Waals surface area contributed by atoms with E-state index in [1.54, 1.807) is 0 Å². The second kappa shape index (κ2) is 7.44. The molecule has 4 bridgehead atoms. The summed E-state index contributed by atoms with van der Waals surface area (Å²) in [5.41, 5.74) is 7.94. The molecule has 31 heavy (non-hydrogen) atoms. The highest BCUT2D eigenvalue weighted by molar-refractivity contribution is 6.31. The summed E-state index contributed by atoms with van der Waals surface area (Å²) in [6, 6.07) is 8.20. The molecule has 0 radical (unpaired) electrons. The van der Waals surface area contributed by atoms with Gasteiger partial charge < -0.3 is 20.9 Å². The van der Waals surface area contributed by atoms with E-state index in [2.05, 4.69) is 15.2 Å². The van der Waals surface area contributed by atoms with E-state index in [0.717, 1.165) is 54.6 Å². The van der Waals surface area contributed by atoms with Gasteiger partial charge in [-0.05, 0) is 74.0 Å². The fourth-order valence-electron chi connectivity index (χ4n) is 7.01. The van der Waals surface area contributed by atoms with E-state index in [1.807, 2.05) is 29.2 Å². The molecule has 3 N–H and O–H groups in total. The van der Waals surface area contributed by atoms with Crippen molar-refractivity contribution in [1.29, 1.82) is 0 Å². The van der Waals surface area contributed by atoms with Crippen LogP contribution in [0.4, 0.5) is 16.3 Å². The topological polar surface area (TPSA) is 74.5 Å². The fourth-order valence-corrected chi connectivity index (χ4v) is 7.18. The van der Waals surface area contributed by atoms with Crippen LogP contribution in [0.3, 0.4) is 0 Å². The molecular formula is C24H30ClN5O. The third kappa shape index (κ3) is 3.49. The number of benzene rings is 1. The molecule has 1 saturated heterocycles. The Hall–Kier alpha value is -2.21. The zero-order valence-corrected chi connectivity index (χ0v) is 18.5. The second-order valence-electron chi connectivity index (χ2n) is 10.1. The Morgan fingerprint density at radius 1 is 1.00 bits per heavy atom. The van der Waals surface area contributed by atoms with Gasteiger partial charge in [0.05, 0.1) is 5.52 Å². The van der Waals surface area contributed by atoms with E-state index in [-0.39, 0.29) is 6.03 Å². The Labute approximate surface area is 188 Å². The summed E-state index contributed by atoms with van der Waals surface area (Å²) >= 11 is 6.14. The molecule has 7 heteroatoms. The maximum Gasteiger partial charge on any atom is 0.317 e. The number of urea groups is 1. The molecule has 5 aliphatic rings. The lowest BCUT2D eigenvalue weighted by atomic mass is 9.54. The van der Waals surface area contributed by atoms with E-state index in [4.69, 9.17) is 17.3 Å². The number of hydrogen-bond acceptors (Lipinski definition) is 4. The van der Waals surface area contributed by atoms with Gasteiger partial charge in [-0.3, -0.25) is 0 Å². The third-order valence-corrected chi connectivity index (χ3v) is 8.43. The first-order valence-corrected chi connectivity index (χ1v) is 12.1. The van der Waals surface area contributed by atoms with Gasteiger partial charge in [0.2, 0.25) is 0 Å². The molecule has 1 aromatic heterocycles. The number of rotatable bonds is 2. The lowest BCUT2D eigenvalue weighted by Crippen LogP contribution is -2.60. The molecule has 1 aromatic carbocycles. The van der Waals surface area contributed by atoms with Crippen LogP contribution in [0.2, 0.25) is 5.02 Å². The minimum atomic E-state index is 0.128. The molecule has 0 atom stereocenters. The highest BCUT2D eigenvalue weighted by Crippen LogP contribution is 2.53. The minimum absolute atomic E-state index is 0.128. The largest absolute Gasteiger partial charge is 0.384 e. The normalized spacial score (nSPS) is 32.0. The molecule has 7 rings (SSSR count). The van der Waals surface area contributed by atoms with Crippen LogP contribution >= 0.6 is 11.6 Å². The van der Waals surface area contributed by atoms with Gasteiger partial charge in [-0.25, -0.2) is 9.78 Å². The number of nitrogens with two attached hydrogens (primary N) is 1. The van der Waals surface area contributed by atoms with Crippen molar-refractivity contribution in [1.82, 2.24) is 15.2 Å². The molecule has 2 aromatic rings. The molecule has 164 valence electrons. The highest BCUT2D eigenvalue weighted by Gasteiger charge is 2.48. The van der Waals surface area contributed by atoms with Crippen molar-refractivity contribution in [3.05, 3.63) is 29.3 Å². The standard InChI is InChI=1S/C24H30ClN5O/c25-18-1-2-19-20(12-18)27-22(26)13-21(19)29-3-5-30(6-4-29)24(31)28-23-16-8-14-7-15(10-16)11-17(23)9-14/h1-2,12-17,23H,3-11H2,(H2,26,27)(H,28,31). The summed E-state index contributed by atoms with van der Waals surface area (Å²) in [5.74, 6) is 3.76. The van der Waals surface area contributed by atoms with Crippen molar-refractivity contribution in [3.8, 4) is 0 Å². The lowest BCUT2D eigenvalue weighted by molar-refractivity contribution is -0.0110. The van der Waals surface area contributed by atoms with Gasteiger partial charge in [0, 0.05) is 54.4 Å². The summed E-state index contributed by atoms with van der Waals surface area (Å²) in [6.45, 7) is 3.01. The Morgan fingerprint density at radius 2 is 1.68 bits per heavy atom. The molecule has 2 heterocycles. The number of carbonyl (C=O) groups excluding carboxylic acids is 1. The molecule has 4 saturated carbocycles. The number of carbonyl (C=O) groups is 1. The summed E-state index contributed by atoms with van der Waals surface area (Å²) in [4.78, 5) is 21.8. The number of nitrogens with one attached hydrogen (secondary N) is 1. The summed E-state index contributed by atoms with van der Waals surface area (Å²) < 4.78 is 0. The van der Waals surface area contributed by atoms with Gasteiger partial charge >= 0.3 is 6.03 Å². The van der Waals surface area contributed by atoms with Crippen LogP contribution < -0.4 is 16.0 Å². The van der Waals surface area contributed by atoms with Crippen LogP contribution in [0.15, 0.2) is 24.3 Å². The summed E-state index contributed by atoms with van der Waals surface area (Å²) in [7, 11) is 0. The predicted molar refractivity (Wildman–Crippen MR) is 124 cm³/mol. The Kier molecular flexibility index (Phi) is 4.67. The van der Waals surface area contributed by atoms with Crippen LogP contribution in [0.1, 0.15) is 32.1 Å². The Morgan fingerprint density at radius 3 is 2.35 bits per heavy atom. The maximum absolute atomic E-state index is 13.1. The highest BCUT2D eigenvalue weighted by atomic mass is 35.5. The number of piperazine rings is 1. The smallest absolute Gasteiger partial charge is 0.317 e. The van der Waals surface area contributed by atoms with Gasteiger partial charge in [0.1, 0.15) is 5.82 Å². The number of amides is 2. The number of pyridine rings is 1. The van der Waals surface area contributed by atoms with Crippen molar-refractivity contribution in [3.63, 3.8) is 0 Å². The average Bonchev–Trinajstić information content (AvgIpc) is 2.75. The summed E-state index contributed by atoms with van der Waals surface area (Å²) in [5, 5.41) is 5.16. The Balaban J connectivity index is 1.12. The van der Waals surface area contributed by atoms with Gasteiger partial charge in [-0.2, -0.15) is 0 Å². The number of nitrogens with zero attached hydrogens (tertiary/aromatic N) is 3. The van der Waals surface area contributed by atoms with E-state index >= 15 is 0 Å². The van der Waals surface area contributed by atoms with Gasteiger partial charge in [-0.15, -0.1) is 0 Å². The van der Waals surface area contributed by atoms with Crippen LogP contribution in [0.5, 0.6) is 0 Å². The zero-order valence-electron chi connectivity index (χ0n) is 17.8. The van der Waals surface area contributed by atoms with Crippen LogP contribution in [-0.4, -0.2) is 48.1 Å². The first kappa shape index (κ1) is 19.5. The number of nitrogen functional groups attached to an aromatic ring is 1. The summed E-state index contributed by atoms with van der Waals surface area (Å²) in [6.07, 6.45) is 6.74. The Bertz CT molecular complexity index is 985. The van der Waals surface area contributed by atoms with Gasteiger partial charge in [0.25, 0.3) is 0 Å². The maximum atomic E-state index is 13.1. The van der Waals surface area contributed by atoms with Crippen molar-refractivity contribution in [2.45, 2.75) is 38.1 Å². The quantitative estimate of drug-likeness (QED) is 0.737. The van der Waals surface area contributed by atoms with Crippen LogP contribution in [0.25, 0.3) is 10.9 Å². The number of fused-ring (bicyclic) bond motifs is 1. The van der Waals surface area contributed by atoms with Gasteiger partial charge in [0.15, 0.2) is 0 Å². The first-order chi connectivity index (χ1) is 15.0. The lowest BCUT2D eigenvalue weighted by Gasteiger charge is -2.54. The molecule has 0 spiro atoms. The number of aromatic nitrogens is 1. The molecular weight excluding hydrogens is 410 g/mol. The zero-order chi connectivity index (χ0) is 21.1. The van der Waals surface area contributed by atoms with Crippen molar-refractivity contribution >= 4 is 40.0 Å². The fraction of sp³-hybridized carbons (Fsp3) is 0.583. The first-order valence-electron chi connectivity index (χ1n) is 11.7. The number of anilines is 2. The molecule has 0 unspecified atom stereocenters. The minimum Gasteiger partial charge on any atom is -0.384 e. The third-order valence-electron chi connectivity index (χ3n) is 8.19. The molecule has 5 fully saturated rings. The van der Waals surface area contributed by atoms with Crippen molar-refractivity contribution in [2.75, 3.05) is 36.8 Å². The van der Waals surface area contributed by atoms with E-state index < -0.39 is 0 Å². The van der Waals surface area contributed by atoms with Crippen LogP contribution in [0, 0.1) is 23.7 Å². The molecule has 4 aliphatic carbocycles. The van der Waals surface area contributed by atoms with Crippen molar-refractivity contribution < 1.29 is 4.79 Å². The predicted octanol–water partition coefficient (Wildman–Crippen LogP) is 4.13. The van der Waals surface area contributed by atoms with Gasteiger partial charge in [-0.1, -0.05) is 11.6 Å². The van der Waals surface area contributed by atoms with E-state index in [1.165, 1.54) is 32.1 Å². The van der Waals surface area contributed by atoms with E-state index in [0.29, 0.717) is 28.7 Å². The average molecular weight is 440 g/mol. The SMILES string of the molecule is Nc1cc(N2CCN(C(=O)NC3C4CC5CC(C4)CC3C5)CC2)c2ccc(Cl)cc2n1. The second-order valence-corrected chi connectivity index (χ2v) is 10.5. The number of hydrogen-bond donors (Lipinski definition) is 2. The van der Waals surface area contributed by atoms with E-state index in [9.17, 15) is 4.79 Å². The number of halogens is 1. The molecule has 6 nitrogen and oxygen atoms in total. The van der Waals surface area contributed by atoms with Crippen molar-refractivity contribution in [2.24, 2.45) is 23.7 Å². The molecule has 1 aliphatic heterocycles. The van der Waals surface area contributed by atoms with Crippen LogP contribution in [-0.2, 0) is 0 Å².